The maximum atomic E-state index is 12.3. The first kappa shape index (κ1) is 14.7. The van der Waals surface area contributed by atoms with Crippen molar-refractivity contribution in [3.05, 3.63) is 41.7 Å². The fourth-order valence-electron chi connectivity index (χ4n) is 3.23. The topological polar surface area (TPSA) is 68.0 Å². The molecule has 3 heterocycles. The Kier molecular flexibility index (Phi) is 3.30. The van der Waals surface area contributed by atoms with Crippen molar-refractivity contribution in [2.45, 2.75) is 13.0 Å². The van der Waals surface area contributed by atoms with Gasteiger partial charge in [-0.05, 0) is 25.1 Å². The first-order valence-electron chi connectivity index (χ1n) is 8.01. The highest BCUT2D eigenvalue weighted by Crippen LogP contribution is 2.24. The Morgan fingerprint density at radius 3 is 2.67 bits per heavy atom. The largest absolute Gasteiger partial charge is 0.344 e. The number of anilines is 1. The molecule has 24 heavy (non-hydrogen) atoms. The molecule has 1 aliphatic rings. The van der Waals surface area contributed by atoms with Crippen molar-refractivity contribution >= 4 is 22.9 Å². The van der Waals surface area contributed by atoms with Crippen molar-refractivity contribution in [1.82, 2.24) is 24.6 Å². The summed E-state index contributed by atoms with van der Waals surface area (Å²) in [6.07, 6.45) is 0. The Hall–Kier alpha value is -2.83. The van der Waals surface area contributed by atoms with E-state index in [0.29, 0.717) is 5.69 Å². The molecule has 0 saturated carbocycles. The summed E-state index contributed by atoms with van der Waals surface area (Å²) >= 11 is 0. The molecule has 0 atom stereocenters. The van der Waals surface area contributed by atoms with E-state index < -0.39 is 0 Å². The second kappa shape index (κ2) is 5.36. The van der Waals surface area contributed by atoms with Crippen molar-refractivity contribution in [2.75, 3.05) is 18.0 Å². The number of hydrogen-bond donors (Lipinski definition) is 1. The number of aryl methyl sites for hydroxylation is 3. The number of carbonyl (C=O) groups excluding carboxylic acids is 1. The van der Waals surface area contributed by atoms with Crippen LogP contribution in [-0.4, -0.2) is 44.4 Å². The lowest BCUT2D eigenvalue weighted by atomic mass is 10.1. The minimum Gasteiger partial charge on any atom is -0.344 e. The monoisotopic (exact) mass is 324 g/mol. The number of fused-ring (bicyclic) bond motifs is 1. The third-order valence-electron chi connectivity index (χ3n) is 4.50. The molecule has 4 rings (SSSR count). The molecular formula is C17H20N6O. The Balaban J connectivity index is 1.43. The zero-order valence-corrected chi connectivity index (χ0v) is 14.0. The van der Waals surface area contributed by atoms with E-state index in [2.05, 4.69) is 30.9 Å². The number of carbonyl (C=O) groups is 1. The van der Waals surface area contributed by atoms with Crippen LogP contribution in [0.4, 0.5) is 5.95 Å². The van der Waals surface area contributed by atoms with E-state index in [-0.39, 0.29) is 11.9 Å². The molecule has 0 bridgehead atoms. The number of hydrogen-bond acceptors (Lipinski definition) is 4. The minimum absolute atomic E-state index is 0.0762. The maximum Gasteiger partial charge on any atom is 0.269 e. The quantitative estimate of drug-likeness (QED) is 0.787. The van der Waals surface area contributed by atoms with Crippen LogP contribution in [-0.2, 0) is 14.1 Å². The molecule has 1 saturated heterocycles. The van der Waals surface area contributed by atoms with Gasteiger partial charge in [-0.15, -0.1) is 0 Å². The molecule has 124 valence electrons. The number of benzene rings is 1. The van der Waals surface area contributed by atoms with Gasteiger partial charge in [0.15, 0.2) is 0 Å². The molecule has 1 aliphatic heterocycles. The van der Waals surface area contributed by atoms with Gasteiger partial charge in [0.2, 0.25) is 5.95 Å². The standard InChI is InChI=1S/C17H20N6O/c1-11-8-15(22(3)20-11)16(24)18-12-9-23(10-12)17-19-13-6-4-5-7-14(13)21(17)2/h4-8,12H,9-10H2,1-3H3,(H,18,24). The summed E-state index contributed by atoms with van der Waals surface area (Å²) < 4.78 is 3.71. The maximum absolute atomic E-state index is 12.3. The van der Waals surface area contributed by atoms with Crippen LogP contribution in [0.3, 0.4) is 0 Å². The van der Waals surface area contributed by atoms with E-state index in [0.717, 1.165) is 35.8 Å². The summed E-state index contributed by atoms with van der Waals surface area (Å²) in [4.78, 5) is 19.2. The number of imidazole rings is 1. The molecule has 1 fully saturated rings. The van der Waals surface area contributed by atoms with Crippen LogP contribution >= 0.6 is 0 Å². The average Bonchev–Trinajstić information content (AvgIpc) is 3.02. The van der Waals surface area contributed by atoms with Crippen molar-refractivity contribution in [3.8, 4) is 0 Å². The van der Waals surface area contributed by atoms with Gasteiger partial charge in [-0.2, -0.15) is 5.10 Å². The molecule has 0 radical (unpaired) electrons. The Bertz CT molecular complexity index is 918. The van der Waals surface area contributed by atoms with Gasteiger partial charge in [-0.25, -0.2) is 4.98 Å². The van der Waals surface area contributed by atoms with Crippen molar-refractivity contribution < 1.29 is 4.79 Å². The highest BCUT2D eigenvalue weighted by atomic mass is 16.2. The van der Waals surface area contributed by atoms with Crippen LogP contribution in [0.25, 0.3) is 11.0 Å². The van der Waals surface area contributed by atoms with Gasteiger partial charge in [0, 0.05) is 27.2 Å². The molecule has 0 spiro atoms. The van der Waals surface area contributed by atoms with E-state index in [4.69, 9.17) is 0 Å². The summed E-state index contributed by atoms with van der Waals surface area (Å²) in [5.74, 6) is 0.867. The number of nitrogens with zero attached hydrogens (tertiary/aromatic N) is 5. The third-order valence-corrected chi connectivity index (χ3v) is 4.50. The van der Waals surface area contributed by atoms with Crippen LogP contribution in [0.1, 0.15) is 16.2 Å². The number of amides is 1. The minimum atomic E-state index is -0.0762. The number of rotatable bonds is 3. The first-order chi connectivity index (χ1) is 11.5. The highest BCUT2D eigenvalue weighted by Gasteiger charge is 2.31. The summed E-state index contributed by atoms with van der Waals surface area (Å²) in [6, 6.07) is 10.0. The smallest absolute Gasteiger partial charge is 0.269 e. The van der Waals surface area contributed by atoms with Crippen LogP contribution < -0.4 is 10.2 Å². The average molecular weight is 324 g/mol. The summed E-state index contributed by atoms with van der Waals surface area (Å²) in [5.41, 5.74) is 3.55. The van der Waals surface area contributed by atoms with Gasteiger partial charge in [-0.1, -0.05) is 12.1 Å². The van der Waals surface area contributed by atoms with Crippen LogP contribution in [0.5, 0.6) is 0 Å². The van der Waals surface area contributed by atoms with Gasteiger partial charge in [0.25, 0.3) is 5.91 Å². The Morgan fingerprint density at radius 1 is 1.25 bits per heavy atom. The molecule has 1 aromatic carbocycles. The summed E-state index contributed by atoms with van der Waals surface area (Å²) in [6.45, 7) is 3.41. The molecule has 1 amide bonds. The molecule has 7 heteroatoms. The fraction of sp³-hybridized carbons (Fsp3) is 0.353. The second-order valence-corrected chi connectivity index (χ2v) is 6.33. The summed E-state index contributed by atoms with van der Waals surface area (Å²) in [5, 5.41) is 7.28. The van der Waals surface area contributed by atoms with Crippen LogP contribution in [0, 0.1) is 6.92 Å². The van der Waals surface area contributed by atoms with Crippen molar-refractivity contribution in [2.24, 2.45) is 14.1 Å². The van der Waals surface area contributed by atoms with Crippen LogP contribution in [0.15, 0.2) is 30.3 Å². The lowest BCUT2D eigenvalue weighted by Crippen LogP contribution is -2.60. The first-order valence-corrected chi connectivity index (χ1v) is 8.01. The zero-order chi connectivity index (χ0) is 16.8. The summed E-state index contributed by atoms with van der Waals surface area (Å²) in [7, 11) is 3.81. The Morgan fingerprint density at radius 2 is 2.00 bits per heavy atom. The highest BCUT2D eigenvalue weighted by molar-refractivity contribution is 5.93. The van der Waals surface area contributed by atoms with E-state index in [1.165, 1.54) is 0 Å². The fourth-order valence-corrected chi connectivity index (χ4v) is 3.23. The third kappa shape index (κ3) is 2.33. The van der Waals surface area contributed by atoms with Crippen molar-refractivity contribution in [1.29, 1.82) is 0 Å². The molecule has 7 nitrogen and oxygen atoms in total. The van der Waals surface area contributed by atoms with Crippen LogP contribution in [0.2, 0.25) is 0 Å². The molecule has 1 N–H and O–H groups in total. The second-order valence-electron chi connectivity index (χ2n) is 6.33. The van der Waals surface area contributed by atoms with Gasteiger partial charge in [0.1, 0.15) is 5.69 Å². The van der Waals surface area contributed by atoms with E-state index >= 15 is 0 Å². The van der Waals surface area contributed by atoms with Gasteiger partial charge >= 0.3 is 0 Å². The lowest BCUT2D eigenvalue weighted by Gasteiger charge is -2.40. The predicted octanol–water partition coefficient (Wildman–Crippen LogP) is 1.23. The molecule has 0 aliphatic carbocycles. The van der Waals surface area contributed by atoms with E-state index in [1.807, 2.05) is 32.2 Å². The van der Waals surface area contributed by atoms with Crippen molar-refractivity contribution in [3.63, 3.8) is 0 Å². The van der Waals surface area contributed by atoms with Gasteiger partial charge in [0.05, 0.1) is 22.8 Å². The number of nitrogens with one attached hydrogen (secondary N) is 1. The SMILES string of the molecule is Cc1cc(C(=O)NC2CN(c3nc4ccccc4n3C)C2)n(C)n1. The van der Waals surface area contributed by atoms with E-state index in [9.17, 15) is 4.79 Å². The lowest BCUT2D eigenvalue weighted by molar-refractivity contribution is 0.0920. The number of aromatic nitrogens is 4. The molecule has 0 unspecified atom stereocenters. The molecule has 3 aromatic rings. The zero-order valence-electron chi connectivity index (χ0n) is 14.0. The Labute approximate surface area is 139 Å². The molecule has 2 aromatic heterocycles. The molecular weight excluding hydrogens is 304 g/mol. The van der Waals surface area contributed by atoms with E-state index in [1.54, 1.807) is 17.8 Å². The van der Waals surface area contributed by atoms with Gasteiger partial charge < -0.3 is 14.8 Å². The number of para-hydroxylation sites is 2. The predicted molar refractivity (Wildman–Crippen MR) is 92.1 cm³/mol. The normalized spacial score (nSPS) is 14.9. The van der Waals surface area contributed by atoms with Gasteiger partial charge in [-0.3, -0.25) is 9.48 Å².